The van der Waals surface area contributed by atoms with E-state index in [0.717, 1.165) is 59.1 Å². The number of aromatic hydroxyl groups is 2. The van der Waals surface area contributed by atoms with Crippen LogP contribution in [-0.2, 0) is 27.1 Å². The van der Waals surface area contributed by atoms with E-state index < -0.39 is 5.41 Å². The number of hydrogen-bond donors (Lipinski definition) is 2. The molecule has 3 aromatic carbocycles. The minimum Gasteiger partial charge on any atom is -0.504 e. The lowest BCUT2D eigenvalue weighted by atomic mass is 9.44. The first-order valence-corrected chi connectivity index (χ1v) is 15.3. The third-order valence-electron chi connectivity index (χ3n) is 12.0. The number of benzene rings is 3. The van der Waals surface area contributed by atoms with Crippen LogP contribution in [0.4, 0.5) is 0 Å². The summed E-state index contributed by atoms with van der Waals surface area (Å²) in [5.41, 5.74) is 5.65. The van der Waals surface area contributed by atoms with Crippen LogP contribution < -0.4 is 9.47 Å². The maximum atomic E-state index is 10.6. The molecule has 0 aromatic heterocycles. The van der Waals surface area contributed by atoms with Gasteiger partial charge in [-0.3, -0.25) is 0 Å². The minimum atomic E-state index is -0.401. The summed E-state index contributed by atoms with van der Waals surface area (Å²) in [6, 6.07) is 12.4. The number of fused-ring (bicyclic) bond motifs is 7. The lowest BCUT2D eigenvalue weighted by Crippen LogP contribution is -2.55. The van der Waals surface area contributed by atoms with Crippen molar-refractivity contribution in [3.63, 3.8) is 0 Å². The molecule has 0 amide bonds. The molecule has 3 unspecified atom stereocenters. The molecule has 3 atom stereocenters. The van der Waals surface area contributed by atoms with Crippen molar-refractivity contribution >= 4 is 0 Å². The lowest BCUT2D eigenvalue weighted by Gasteiger charge is -2.58. The first-order valence-electron chi connectivity index (χ1n) is 15.3. The molecule has 0 saturated heterocycles. The fourth-order valence-electron chi connectivity index (χ4n) is 9.55. The SMILES string of the molecule is CCC1(C)c2c(C#N)c3c(c(C#N)c2C1(C)CC)Oc1cc2c(cc1O3)C(C)(C)CC21CC(C)(C)c2cc(O)c(O)cc21. The van der Waals surface area contributed by atoms with Gasteiger partial charge >= 0.3 is 0 Å². The Morgan fingerprint density at radius 1 is 0.651 bits per heavy atom. The normalized spacial score (nSPS) is 27.8. The number of ether oxygens (including phenoxy) is 2. The Morgan fingerprint density at radius 2 is 1.02 bits per heavy atom. The van der Waals surface area contributed by atoms with Gasteiger partial charge in [0.15, 0.2) is 34.5 Å². The Kier molecular flexibility index (Phi) is 5.18. The summed E-state index contributed by atoms with van der Waals surface area (Å²) in [6.07, 6.45) is 3.31. The van der Waals surface area contributed by atoms with Crippen LogP contribution in [0.3, 0.4) is 0 Å². The molecule has 6 heteroatoms. The summed E-state index contributed by atoms with van der Waals surface area (Å²) in [5, 5.41) is 42.0. The van der Waals surface area contributed by atoms with Crippen LogP contribution in [0.1, 0.15) is 126 Å². The maximum Gasteiger partial charge on any atom is 0.189 e. The molecule has 43 heavy (non-hydrogen) atoms. The number of rotatable bonds is 2. The summed E-state index contributed by atoms with van der Waals surface area (Å²) in [6.45, 7) is 17.5. The van der Waals surface area contributed by atoms with Gasteiger partial charge in [-0.1, -0.05) is 55.4 Å². The van der Waals surface area contributed by atoms with Crippen molar-refractivity contribution in [2.75, 3.05) is 0 Å². The van der Waals surface area contributed by atoms with E-state index in [1.54, 1.807) is 12.1 Å². The molecule has 220 valence electrons. The lowest BCUT2D eigenvalue weighted by molar-refractivity contribution is 0.177. The number of nitrogens with zero attached hydrogens (tertiary/aromatic N) is 2. The van der Waals surface area contributed by atoms with Gasteiger partial charge in [-0.2, -0.15) is 10.5 Å². The van der Waals surface area contributed by atoms with Gasteiger partial charge in [-0.25, -0.2) is 0 Å². The largest absolute Gasteiger partial charge is 0.504 e. The number of hydrogen-bond acceptors (Lipinski definition) is 6. The predicted molar refractivity (Wildman–Crippen MR) is 164 cm³/mol. The van der Waals surface area contributed by atoms with Gasteiger partial charge in [0.05, 0.1) is 0 Å². The first kappa shape index (κ1) is 27.7. The van der Waals surface area contributed by atoms with Crippen molar-refractivity contribution < 1.29 is 19.7 Å². The van der Waals surface area contributed by atoms with Crippen LogP contribution in [0.25, 0.3) is 0 Å². The van der Waals surface area contributed by atoms with Crippen LogP contribution in [-0.4, -0.2) is 10.2 Å². The highest BCUT2D eigenvalue weighted by Gasteiger charge is 2.60. The van der Waals surface area contributed by atoms with Crippen LogP contribution in [0, 0.1) is 22.7 Å². The van der Waals surface area contributed by atoms with Gasteiger partial charge < -0.3 is 19.7 Å². The Morgan fingerprint density at radius 3 is 1.44 bits per heavy atom. The molecule has 3 aromatic rings. The Labute approximate surface area is 253 Å². The Bertz CT molecular complexity index is 1890. The molecular weight excluding hydrogens is 536 g/mol. The van der Waals surface area contributed by atoms with Gasteiger partial charge in [0.25, 0.3) is 0 Å². The highest BCUT2D eigenvalue weighted by molar-refractivity contribution is 5.78. The monoisotopic (exact) mass is 574 g/mol. The van der Waals surface area contributed by atoms with E-state index in [-0.39, 0.29) is 33.2 Å². The van der Waals surface area contributed by atoms with E-state index in [1.807, 2.05) is 0 Å². The van der Waals surface area contributed by atoms with Crippen LogP contribution in [0.2, 0.25) is 0 Å². The smallest absolute Gasteiger partial charge is 0.189 e. The molecular formula is C37H38N2O4. The molecule has 0 saturated carbocycles. The number of nitriles is 2. The first-order chi connectivity index (χ1) is 20.1. The van der Waals surface area contributed by atoms with Crippen molar-refractivity contribution in [2.24, 2.45) is 0 Å². The van der Waals surface area contributed by atoms with Crippen molar-refractivity contribution in [1.29, 1.82) is 10.5 Å². The highest BCUT2D eigenvalue weighted by Crippen LogP contribution is 2.68. The fourth-order valence-corrected chi connectivity index (χ4v) is 9.55. The summed E-state index contributed by atoms with van der Waals surface area (Å²) < 4.78 is 13.2. The molecule has 1 heterocycles. The zero-order valence-electron chi connectivity index (χ0n) is 26.2. The van der Waals surface area contributed by atoms with Gasteiger partial charge in [0, 0.05) is 16.2 Å². The molecule has 3 aliphatic carbocycles. The minimum absolute atomic E-state index is 0.104. The Hall–Kier alpha value is -4.16. The standard InChI is InChI=1S/C37H38N2O4/c1-9-35(7)29-19(15-38)31-32(20(16-39)30(29)36(35,8)10-2)43-28-14-24-22(13-27(28)42-31)34(5,6)18-37(24)17-33(3,4)21-11-25(40)26(41)12-23(21)37/h11-14,40-41H,9-10,17-18H2,1-8H3. The molecule has 0 radical (unpaired) electrons. The zero-order valence-corrected chi connectivity index (χ0v) is 26.2. The second kappa shape index (κ2) is 8.06. The van der Waals surface area contributed by atoms with Crippen LogP contribution in [0.5, 0.6) is 34.5 Å². The highest BCUT2D eigenvalue weighted by atomic mass is 16.6. The van der Waals surface area contributed by atoms with E-state index in [4.69, 9.17) is 9.47 Å². The van der Waals surface area contributed by atoms with Gasteiger partial charge in [-0.15, -0.1) is 0 Å². The van der Waals surface area contributed by atoms with Gasteiger partial charge in [-0.05, 0) is 94.2 Å². The zero-order chi connectivity index (χ0) is 31.1. The Balaban J connectivity index is 1.46. The van der Waals surface area contributed by atoms with Crippen LogP contribution >= 0.6 is 0 Å². The third-order valence-corrected chi connectivity index (χ3v) is 12.0. The van der Waals surface area contributed by atoms with Gasteiger partial charge in [0.1, 0.15) is 23.3 Å². The summed E-state index contributed by atoms with van der Waals surface area (Å²) in [5.74, 6) is 1.50. The fraction of sp³-hybridized carbons (Fsp3) is 0.459. The van der Waals surface area contributed by atoms with Crippen molar-refractivity contribution in [3.8, 4) is 46.6 Å². The average molecular weight is 575 g/mol. The van der Waals surface area contributed by atoms with E-state index in [2.05, 4.69) is 79.7 Å². The molecule has 1 aliphatic heterocycles. The molecule has 0 fully saturated rings. The molecule has 2 N–H and O–H groups in total. The summed E-state index contributed by atoms with van der Waals surface area (Å²) >= 11 is 0. The summed E-state index contributed by atoms with van der Waals surface area (Å²) in [4.78, 5) is 0. The van der Waals surface area contributed by atoms with Crippen LogP contribution in [0.15, 0.2) is 24.3 Å². The van der Waals surface area contributed by atoms with E-state index in [0.29, 0.717) is 34.1 Å². The summed E-state index contributed by atoms with van der Waals surface area (Å²) in [7, 11) is 0. The number of phenols is 2. The average Bonchev–Trinajstić information content (AvgIpc) is 3.31. The molecule has 1 spiro atoms. The van der Waals surface area contributed by atoms with Crippen molar-refractivity contribution in [2.45, 2.75) is 108 Å². The molecule has 4 aliphatic rings. The maximum absolute atomic E-state index is 10.6. The molecule has 6 nitrogen and oxygen atoms in total. The second-order valence-electron chi connectivity index (χ2n) is 14.9. The second-order valence-corrected chi connectivity index (χ2v) is 14.9. The van der Waals surface area contributed by atoms with Gasteiger partial charge in [0.2, 0.25) is 0 Å². The van der Waals surface area contributed by atoms with E-state index >= 15 is 0 Å². The third kappa shape index (κ3) is 3.02. The molecule has 7 rings (SSSR count). The number of phenolic OH excluding ortho intramolecular Hbond substituents is 2. The van der Waals surface area contributed by atoms with Crippen molar-refractivity contribution in [3.05, 3.63) is 68.8 Å². The van der Waals surface area contributed by atoms with E-state index in [1.165, 1.54) is 0 Å². The van der Waals surface area contributed by atoms with Crippen molar-refractivity contribution in [1.82, 2.24) is 0 Å². The van der Waals surface area contributed by atoms with E-state index in [9.17, 15) is 20.7 Å². The topological polar surface area (TPSA) is 107 Å². The molecule has 0 bridgehead atoms. The predicted octanol–water partition coefficient (Wildman–Crippen LogP) is 8.74. The quantitative estimate of drug-likeness (QED) is 0.232.